The van der Waals surface area contributed by atoms with E-state index in [0.717, 1.165) is 22.2 Å². The van der Waals surface area contributed by atoms with Crippen molar-refractivity contribution in [1.29, 1.82) is 0 Å². The van der Waals surface area contributed by atoms with Gasteiger partial charge >= 0.3 is 5.97 Å². The number of hydrogen-bond donors (Lipinski definition) is 2. The molecular formula is C13H14ClNO2. The monoisotopic (exact) mass is 251 g/mol. The van der Waals surface area contributed by atoms with E-state index in [0.29, 0.717) is 5.02 Å². The highest BCUT2D eigenvalue weighted by Crippen LogP contribution is 2.30. The van der Waals surface area contributed by atoms with E-state index in [1.54, 1.807) is 0 Å². The van der Waals surface area contributed by atoms with Crippen LogP contribution in [0.25, 0.3) is 10.9 Å². The molecule has 17 heavy (non-hydrogen) atoms. The highest BCUT2D eigenvalue weighted by Gasteiger charge is 2.16. The molecule has 0 saturated heterocycles. The second kappa shape index (κ2) is 4.41. The lowest BCUT2D eigenvalue weighted by Gasteiger charge is -2.07. The number of fused-ring (bicyclic) bond motifs is 1. The van der Waals surface area contributed by atoms with E-state index < -0.39 is 5.97 Å². The Hall–Kier alpha value is -1.48. The minimum Gasteiger partial charge on any atom is -0.481 e. The predicted molar refractivity (Wildman–Crippen MR) is 68.7 cm³/mol. The van der Waals surface area contributed by atoms with Crippen LogP contribution >= 0.6 is 11.6 Å². The number of H-pyrrole nitrogens is 1. The maximum atomic E-state index is 10.7. The minimum absolute atomic E-state index is 0.0290. The molecule has 0 spiro atoms. The number of aromatic amines is 1. The van der Waals surface area contributed by atoms with Crippen molar-refractivity contribution in [3.05, 3.63) is 34.5 Å². The van der Waals surface area contributed by atoms with Gasteiger partial charge in [0.2, 0.25) is 0 Å². The average molecular weight is 252 g/mol. The number of hydrogen-bond acceptors (Lipinski definition) is 1. The lowest BCUT2D eigenvalue weighted by Crippen LogP contribution is -2.04. The van der Waals surface area contributed by atoms with Crippen LogP contribution in [-0.4, -0.2) is 16.1 Å². The van der Waals surface area contributed by atoms with Crippen LogP contribution < -0.4 is 0 Å². The van der Waals surface area contributed by atoms with Crippen molar-refractivity contribution in [2.75, 3.05) is 0 Å². The summed E-state index contributed by atoms with van der Waals surface area (Å²) in [6.45, 7) is 3.90. The van der Waals surface area contributed by atoms with E-state index >= 15 is 0 Å². The summed E-state index contributed by atoms with van der Waals surface area (Å²) in [5.74, 6) is -0.813. The maximum Gasteiger partial charge on any atom is 0.304 e. The third-order valence-corrected chi connectivity index (χ3v) is 3.27. The van der Waals surface area contributed by atoms with Gasteiger partial charge in [0.1, 0.15) is 0 Å². The molecule has 1 unspecified atom stereocenters. The van der Waals surface area contributed by atoms with Crippen molar-refractivity contribution in [1.82, 2.24) is 4.98 Å². The third-order valence-electron chi connectivity index (χ3n) is 3.03. The summed E-state index contributed by atoms with van der Waals surface area (Å²) in [4.78, 5) is 14.0. The fourth-order valence-corrected chi connectivity index (χ4v) is 2.35. The Balaban J connectivity index is 2.48. The summed E-state index contributed by atoms with van der Waals surface area (Å²) in [6.07, 6.45) is 0.126. The van der Waals surface area contributed by atoms with Gasteiger partial charge in [-0.05, 0) is 30.7 Å². The summed E-state index contributed by atoms with van der Waals surface area (Å²) >= 11 is 5.96. The molecule has 0 aliphatic rings. The number of aryl methyl sites for hydroxylation is 1. The molecular weight excluding hydrogens is 238 g/mol. The zero-order valence-electron chi connectivity index (χ0n) is 9.75. The smallest absolute Gasteiger partial charge is 0.304 e. The number of rotatable bonds is 3. The molecule has 1 atom stereocenters. The van der Waals surface area contributed by atoms with Gasteiger partial charge in [-0.3, -0.25) is 4.79 Å². The van der Waals surface area contributed by atoms with Gasteiger partial charge in [0, 0.05) is 27.5 Å². The van der Waals surface area contributed by atoms with E-state index in [2.05, 4.69) is 4.98 Å². The minimum atomic E-state index is -0.784. The molecule has 0 aliphatic carbocycles. The van der Waals surface area contributed by atoms with Crippen LogP contribution in [0.2, 0.25) is 5.02 Å². The first kappa shape index (κ1) is 12.0. The number of carboxylic acids is 1. The van der Waals surface area contributed by atoms with Crippen LogP contribution in [0.5, 0.6) is 0 Å². The van der Waals surface area contributed by atoms with E-state index in [-0.39, 0.29) is 12.3 Å². The quantitative estimate of drug-likeness (QED) is 0.874. The molecule has 0 amide bonds. The maximum absolute atomic E-state index is 10.7. The Morgan fingerprint density at radius 3 is 2.88 bits per heavy atom. The third kappa shape index (κ3) is 2.29. The van der Waals surface area contributed by atoms with E-state index in [1.165, 1.54) is 0 Å². The second-order valence-corrected chi connectivity index (χ2v) is 4.79. The van der Waals surface area contributed by atoms with E-state index in [9.17, 15) is 4.79 Å². The Labute approximate surface area is 104 Å². The van der Waals surface area contributed by atoms with Crippen molar-refractivity contribution in [2.24, 2.45) is 0 Å². The summed E-state index contributed by atoms with van der Waals surface area (Å²) in [7, 11) is 0. The van der Waals surface area contributed by atoms with Crippen LogP contribution in [0.3, 0.4) is 0 Å². The van der Waals surface area contributed by atoms with Gasteiger partial charge in [-0.15, -0.1) is 0 Å². The SMILES string of the molecule is Cc1c(C(C)CC(=O)O)[nH]c2ccc(Cl)cc12. The van der Waals surface area contributed by atoms with Gasteiger partial charge < -0.3 is 10.1 Å². The summed E-state index contributed by atoms with van der Waals surface area (Å²) in [5, 5.41) is 10.6. The Morgan fingerprint density at radius 2 is 2.24 bits per heavy atom. The van der Waals surface area contributed by atoms with Crippen molar-refractivity contribution >= 4 is 28.5 Å². The van der Waals surface area contributed by atoms with Crippen molar-refractivity contribution in [3.8, 4) is 0 Å². The molecule has 1 heterocycles. The van der Waals surface area contributed by atoms with Crippen LogP contribution in [0.4, 0.5) is 0 Å². The zero-order chi connectivity index (χ0) is 12.6. The van der Waals surface area contributed by atoms with Crippen LogP contribution in [-0.2, 0) is 4.79 Å². The number of benzene rings is 1. The van der Waals surface area contributed by atoms with E-state index in [1.807, 2.05) is 32.0 Å². The summed E-state index contributed by atoms with van der Waals surface area (Å²) < 4.78 is 0. The van der Waals surface area contributed by atoms with Crippen LogP contribution in [0.15, 0.2) is 18.2 Å². The van der Waals surface area contributed by atoms with Gasteiger partial charge in [-0.2, -0.15) is 0 Å². The molecule has 2 N–H and O–H groups in total. The highest BCUT2D eigenvalue weighted by atomic mass is 35.5. The molecule has 0 saturated carbocycles. The van der Waals surface area contributed by atoms with Crippen molar-refractivity contribution < 1.29 is 9.90 Å². The van der Waals surface area contributed by atoms with E-state index in [4.69, 9.17) is 16.7 Å². The van der Waals surface area contributed by atoms with Crippen LogP contribution in [0, 0.1) is 6.92 Å². The second-order valence-electron chi connectivity index (χ2n) is 4.35. The molecule has 90 valence electrons. The molecule has 0 aliphatic heterocycles. The molecule has 2 rings (SSSR count). The average Bonchev–Trinajstić information content (AvgIpc) is 2.55. The number of aromatic nitrogens is 1. The predicted octanol–water partition coefficient (Wildman–Crippen LogP) is 3.71. The number of nitrogens with one attached hydrogen (secondary N) is 1. The zero-order valence-corrected chi connectivity index (χ0v) is 10.5. The number of carboxylic acid groups (broad SMARTS) is 1. The van der Waals surface area contributed by atoms with Gasteiger partial charge in [0.25, 0.3) is 0 Å². The first-order chi connectivity index (χ1) is 7.99. The van der Waals surface area contributed by atoms with Crippen molar-refractivity contribution in [2.45, 2.75) is 26.2 Å². The topological polar surface area (TPSA) is 53.1 Å². The van der Waals surface area contributed by atoms with Gasteiger partial charge in [-0.25, -0.2) is 0 Å². The van der Waals surface area contributed by atoms with Gasteiger partial charge in [0.15, 0.2) is 0 Å². The Kier molecular flexibility index (Phi) is 3.11. The normalized spacial score (nSPS) is 12.9. The highest BCUT2D eigenvalue weighted by molar-refractivity contribution is 6.31. The molecule has 0 radical (unpaired) electrons. The number of carbonyl (C=O) groups is 1. The Bertz CT molecular complexity index is 574. The molecule has 0 bridgehead atoms. The molecule has 3 nitrogen and oxygen atoms in total. The molecule has 1 aromatic carbocycles. The Morgan fingerprint density at radius 1 is 1.53 bits per heavy atom. The standard InChI is InChI=1S/C13H14ClNO2/c1-7(5-12(16)17)13-8(2)10-6-9(14)3-4-11(10)15-13/h3-4,6-7,15H,5H2,1-2H3,(H,16,17). The summed E-state index contributed by atoms with van der Waals surface area (Å²) in [5.41, 5.74) is 3.06. The van der Waals surface area contributed by atoms with Gasteiger partial charge in [-0.1, -0.05) is 18.5 Å². The lowest BCUT2D eigenvalue weighted by atomic mass is 10.00. The fourth-order valence-electron chi connectivity index (χ4n) is 2.18. The largest absolute Gasteiger partial charge is 0.481 e. The number of aliphatic carboxylic acids is 1. The molecule has 0 fully saturated rings. The molecule has 4 heteroatoms. The first-order valence-corrected chi connectivity index (χ1v) is 5.86. The lowest BCUT2D eigenvalue weighted by molar-refractivity contribution is -0.137. The first-order valence-electron chi connectivity index (χ1n) is 5.48. The fraction of sp³-hybridized carbons (Fsp3) is 0.308. The summed E-state index contributed by atoms with van der Waals surface area (Å²) in [6, 6.07) is 5.65. The van der Waals surface area contributed by atoms with Crippen molar-refractivity contribution in [3.63, 3.8) is 0 Å². The molecule has 2 aromatic rings. The molecule has 1 aromatic heterocycles. The van der Waals surface area contributed by atoms with Gasteiger partial charge in [0.05, 0.1) is 6.42 Å². The number of halogens is 1. The van der Waals surface area contributed by atoms with Crippen LogP contribution in [0.1, 0.15) is 30.5 Å².